The molecular weight excluding hydrogens is 566 g/mol. The number of aromatic amines is 1. The second-order valence-electron chi connectivity index (χ2n) is 11.7. The molecule has 7 rings (SSSR count). The minimum absolute atomic E-state index is 0.348. The van der Waals surface area contributed by atoms with E-state index in [0.29, 0.717) is 35.4 Å². The minimum atomic E-state index is -0.692. The van der Waals surface area contributed by atoms with Gasteiger partial charge in [-0.1, -0.05) is 66.7 Å². The Balaban J connectivity index is 1.27. The highest BCUT2D eigenvalue weighted by molar-refractivity contribution is 6.10. The summed E-state index contributed by atoms with van der Waals surface area (Å²) < 4.78 is 5.05. The Morgan fingerprint density at radius 3 is 2.27 bits per heavy atom. The number of pyridine rings is 1. The van der Waals surface area contributed by atoms with Crippen LogP contribution in [0.25, 0.3) is 22.2 Å². The Labute approximate surface area is 261 Å². The number of nitrogens with zero attached hydrogens (tertiary/aromatic N) is 5. The van der Waals surface area contributed by atoms with Crippen molar-refractivity contribution in [2.24, 2.45) is 0 Å². The first kappa shape index (κ1) is 28.7. The monoisotopic (exact) mass is 601 g/mol. The molecular formula is C35H35N7O3. The first-order valence-corrected chi connectivity index (χ1v) is 15.2. The number of carbonyl (C=O) groups excluding carboxylic acids is 2. The van der Waals surface area contributed by atoms with Crippen molar-refractivity contribution in [3.05, 3.63) is 114 Å². The van der Waals surface area contributed by atoms with E-state index in [1.54, 1.807) is 24.3 Å². The Morgan fingerprint density at radius 1 is 0.933 bits per heavy atom. The number of rotatable bonds is 7. The van der Waals surface area contributed by atoms with Gasteiger partial charge >= 0.3 is 6.09 Å². The van der Waals surface area contributed by atoms with Gasteiger partial charge in [-0.3, -0.25) is 20.0 Å². The highest BCUT2D eigenvalue weighted by atomic mass is 16.5. The molecule has 0 unspecified atom stereocenters. The van der Waals surface area contributed by atoms with Gasteiger partial charge in [-0.25, -0.2) is 14.8 Å². The maximum atomic E-state index is 14.4. The molecule has 0 spiro atoms. The second-order valence-corrected chi connectivity index (χ2v) is 11.7. The number of nitrogens with one attached hydrogen (secondary N) is 2. The number of para-hydroxylation sites is 2. The van der Waals surface area contributed by atoms with Gasteiger partial charge in [0.15, 0.2) is 0 Å². The predicted molar refractivity (Wildman–Crippen MR) is 172 cm³/mol. The third-order valence-corrected chi connectivity index (χ3v) is 8.81. The summed E-state index contributed by atoms with van der Waals surface area (Å²) in [6.07, 6.45) is 2.30. The molecule has 45 heavy (non-hydrogen) atoms. The molecule has 0 aliphatic carbocycles. The zero-order valence-corrected chi connectivity index (χ0v) is 25.3. The molecule has 4 heterocycles. The van der Waals surface area contributed by atoms with Crippen LogP contribution in [0.2, 0.25) is 0 Å². The summed E-state index contributed by atoms with van der Waals surface area (Å²) in [7, 11) is 1.30. The van der Waals surface area contributed by atoms with Crippen LogP contribution in [0.1, 0.15) is 33.9 Å². The van der Waals surface area contributed by atoms with Gasteiger partial charge in [-0.05, 0) is 31.5 Å². The Kier molecular flexibility index (Phi) is 7.74. The molecule has 2 saturated heterocycles. The van der Waals surface area contributed by atoms with Crippen molar-refractivity contribution in [1.82, 2.24) is 30.2 Å². The fraction of sp³-hybridized carbons (Fsp3) is 0.257. The van der Waals surface area contributed by atoms with Crippen molar-refractivity contribution >= 4 is 28.6 Å². The smallest absolute Gasteiger partial charge is 0.433 e. The van der Waals surface area contributed by atoms with E-state index >= 15 is 0 Å². The lowest BCUT2D eigenvalue weighted by atomic mass is 9.95. The van der Waals surface area contributed by atoms with Crippen molar-refractivity contribution < 1.29 is 14.3 Å². The largest absolute Gasteiger partial charge is 0.451 e. The van der Waals surface area contributed by atoms with Crippen molar-refractivity contribution in [2.75, 3.05) is 25.2 Å². The summed E-state index contributed by atoms with van der Waals surface area (Å²) in [6.45, 7) is 5.20. The lowest BCUT2D eigenvalue weighted by Gasteiger charge is -2.34. The van der Waals surface area contributed by atoms with E-state index in [9.17, 15) is 9.59 Å². The number of aromatic nitrogens is 3. The molecule has 0 radical (unpaired) electrons. The standard InChI is InChI=1S/C35H35N7O3/c1-23-36-18-25(37-23)19-40-20-28-17-27(40)21-41(28)22-30-32(34(43)39-42(35(44)45-2)26-13-7-4-8-14-26)29-15-9-10-16-31(29)38-33(30)24-11-5-3-6-12-24/h3-16,18,27-28H,17,19-22H2,1-2H3,(H,36,37)(H,39,43)/t27-,28-/m1/s1. The maximum absolute atomic E-state index is 14.4. The number of imidazole rings is 1. The zero-order chi connectivity index (χ0) is 30.9. The fourth-order valence-corrected chi connectivity index (χ4v) is 6.73. The average molecular weight is 602 g/mol. The van der Waals surface area contributed by atoms with Crippen LogP contribution in [0.4, 0.5) is 10.5 Å². The Bertz CT molecular complexity index is 1840. The summed E-state index contributed by atoms with van der Waals surface area (Å²) in [5, 5.41) is 1.87. The van der Waals surface area contributed by atoms with Gasteiger partial charge in [0, 0.05) is 66.7 Å². The van der Waals surface area contributed by atoms with Gasteiger partial charge in [-0.2, -0.15) is 5.01 Å². The van der Waals surface area contributed by atoms with Crippen LogP contribution in [0.3, 0.4) is 0 Å². The number of fused-ring (bicyclic) bond motifs is 3. The second kappa shape index (κ2) is 12.1. The highest BCUT2D eigenvalue weighted by Crippen LogP contribution is 2.37. The quantitative estimate of drug-likeness (QED) is 0.244. The van der Waals surface area contributed by atoms with E-state index in [-0.39, 0.29) is 0 Å². The molecule has 2 aromatic heterocycles. The molecule has 2 fully saturated rings. The van der Waals surface area contributed by atoms with E-state index in [1.807, 2.05) is 73.8 Å². The Morgan fingerprint density at radius 2 is 1.60 bits per heavy atom. The zero-order valence-electron chi connectivity index (χ0n) is 25.3. The van der Waals surface area contributed by atoms with Crippen LogP contribution in [0, 0.1) is 6.92 Å². The fourth-order valence-electron chi connectivity index (χ4n) is 6.73. The van der Waals surface area contributed by atoms with Crippen molar-refractivity contribution in [1.29, 1.82) is 0 Å². The molecule has 5 aromatic rings. The number of ether oxygens (including phenoxy) is 1. The van der Waals surface area contributed by atoms with Gasteiger partial charge < -0.3 is 9.72 Å². The Hall–Kier alpha value is -5.06. The average Bonchev–Trinajstić information content (AvgIpc) is 3.79. The van der Waals surface area contributed by atoms with E-state index in [0.717, 1.165) is 64.8 Å². The third kappa shape index (κ3) is 5.65. The number of aryl methyl sites for hydroxylation is 1. The van der Waals surface area contributed by atoms with Crippen LogP contribution in [-0.2, 0) is 17.8 Å². The lowest BCUT2D eigenvalue weighted by Crippen LogP contribution is -2.47. The SMILES string of the molecule is COC(=O)N(NC(=O)c1c(CN2C[C@H]3C[C@@H]2CN3Cc2cnc(C)[nH]2)c(-c2ccccc2)nc2ccccc12)c1ccccc1. The number of hydrogen-bond donors (Lipinski definition) is 2. The van der Waals surface area contributed by atoms with Crippen LogP contribution >= 0.6 is 0 Å². The van der Waals surface area contributed by atoms with Gasteiger partial charge in [0.2, 0.25) is 0 Å². The molecule has 228 valence electrons. The summed E-state index contributed by atoms with van der Waals surface area (Å²) in [5.41, 5.74) is 8.21. The summed E-state index contributed by atoms with van der Waals surface area (Å²) >= 11 is 0. The molecule has 2 aliphatic rings. The third-order valence-electron chi connectivity index (χ3n) is 8.81. The highest BCUT2D eigenvalue weighted by Gasteiger charge is 2.43. The molecule has 2 aliphatic heterocycles. The topological polar surface area (TPSA) is 107 Å². The molecule has 2 bridgehead atoms. The number of H-pyrrole nitrogens is 1. The first-order valence-electron chi connectivity index (χ1n) is 15.2. The van der Waals surface area contributed by atoms with Crippen LogP contribution in [0.15, 0.2) is 91.1 Å². The normalized spacial score (nSPS) is 17.9. The lowest BCUT2D eigenvalue weighted by molar-refractivity contribution is 0.0936. The molecule has 10 nitrogen and oxygen atoms in total. The number of benzene rings is 3. The molecule has 2 amide bonds. The van der Waals surface area contributed by atoms with Gasteiger partial charge in [-0.15, -0.1) is 0 Å². The van der Waals surface area contributed by atoms with Gasteiger partial charge in [0.1, 0.15) is 5.82 Å². The number of likely N-dealkylation sites (tertiary alicyclic amines) is 2. The summed E-state index contributed by atoms with van der Waals surface area (Å²) in [5.74, 6) is 0.521. The van der Waals surface area contributed by atoms with E-state index in [2.05, 4.69) is 25.2 Å². The number of hydrogen-bond acceptors (Lipinski definition) is 7. The molecule has 2 atom stereocenters. The number of methoxy groups -OCH3 is 1. The number of carbonyl (C=O) groups is 2. The van der Waals surface area contributed by atoms with Gasteiger partial charge in [0.25, 0.3) is 5.91 Å². The molecule has 2 N–H and O–H groups in total. The molecule has 10 heteroatoms. The number of amides is 2. The number of hydrazine groups is 1. The van der Waals surface area contributed by atoms with E-state index in [1.165, 1.54) is 7.11 Å². The summed E-state index contributed by atoms with van der Waals surface area (Å²) in [6, 6.07) is 27.4. The number of anilines is 1. The van der Waals surface area contributed by atoms with E-state index in [4.69, 9.17) is 9.72 Å². The molecule has 3 aromatic carbocycles. The predicted octanol–water partition coefficient (Wildman–Crippen LogP) is 5.31. The molecule has 0 saturated carbocycles. The maximum Gasteiger partial charge on any atom is 0.433 e. The minimum Gasteiger partial charge on any atom is -0.451 e. The van der Waals surface area contributed by atoms with E-state index < -0.39 is 12.0 Å². The van der Waals surface area contributed by atoms with Crippen LogP contribution in [0.5, 0.6) is 0 Å². The first-order chi connectivity index (χ1) is 22.0. The van der Waals surface area contributed by atoms with Crippen molar-refractivity contribution in [2.45, 2.75) is 38.5 Å². The van der Waals surface area contributed by atoms with Crippen LogP contribution in [-0.4, -0.2) is 69.0 Å². The van der Waals surface area contributed by atoms with Gasteiger partial charge in [0.05, 0.1) is 29.6 Å². The number of piperazine rings is 1. The van der Waals surface area contributed by atoms with Crippen molar-refractivity contribution in [3.63, 3.8) is 0 Å². The van der Waals surface area contributed by atoms with Crippen molar-refractivity contribution in [3.8, 4) is 11.3 Å². The summed E-state index contributed by atoms with van der Waals surface area (Å²) in [4.78, 5) is 45.2. The van der Waals surface area contributed by atoms with Crippen LogP contribution < -0.4 is 10.4 Å².